The molecule has 0 saturated heterocycles. The van der Waals surface area contributed by atoms with E-state index in [4.69, 9.17) is 0 Å². The Bertz CT molecular complexity index is 563. The van der Waals surface area contributed by atoms with E-state index in [9.17, 15) is 4.79 Å². The molecule has 0 saturated carbocycles. The number of rotatable bonds is 2. The Morgan fingerprint density at radius 3 is 2.81 bits per heavy atom. The minimum atomic E-state index is -0.0683. The lowest BCUT2D eigenvalue weighted by Crippen LogP contribution is -2.20. The van der Waals surface area contributed by atoms with Crippen molar-refractivity contribution in [2.75, 3.05) is 0 Å². The molecule has 1 heterocycles. The number of nitrogens with zero attached hydrogens (tertiary/aromatic N) is 2. The Balaban J connectivity index is 2.52. The van der Waals surface area contributed by atoms with Crippen LogP contribution in [0.1, 0.15) is 6.92 Å². The van der Waals surface area contributed by atoms with Gasteiger partial charge in [0.1, 0.15) is 0 Å². The molecule has 0 aliphatic carbocycles. The number of aryl methyl sites for hydroxylation is 1. The summed E-state index contributed by atoms with van der Waals surface area (Å²) < 4.78 is 2.46. The third kappa shape index (κ3) is 2.22. The Kier molecular flexibility index (Phi) is 3.19. The van der Waals surface area contributed by atoms with E-state index in [1.54, 1.807) is 12.1 Å². The van der Waals surface area contributed by atoms with Crippen molar-refractivity contribution in [1.29, 1.82) is 0 Å². The molecule has 0 bridgehead atoms. The summed E-state index contributed by atoms with van der Waals surface area (Å²) in [5, 5.41) is 4.29. The highest BCUT2D eigenvalue weighted by Crippen LogP contribution is 2.19. The van der Waals surface area contributed by atoms with Crippen molar-refractivity contribution in [1.82, 2.24) is 9.78 Å². The van der Waals surface area contributed by atoms with Gasteiger partial charge in [0.2, 0.25) is 0 Å². The molecule has 0 radical (unpaired) electrons. The van der Waals surface area contributed by atoms with Gasteiger partial charge in [0.05, 0.1) is 5.69 Å². The Labute approximate surface area is 102 Å². The lowest BCUT2D eigenvalue weighted by molar-refractivity contribution is 0.619. The first-order valence-corrected chi connectivity index (χ1v) is 5.84. The molecule has 3 nitrogen and oxygen atoms in total. The fraction of sp³-hybridized carbons (Fsp3) is 0.167. The van der Waals surface area contributed by atoms with Crippen LogP contribution in [0, 0.1) is 0 Å². The second-order valence-electron chi connectivity index (χ2n) is 3.38. The largest absolute Gasteiger partial charge is 0.268 e. The van der Waals surface area contributed by atoms with Gasteiger partial charge in [0, 0.05) is 22.6 Å². The first-order chi connectivity index (χ1) is 7.70. The molecule has 1 aromatic carbocycles. The molecule has 1 aromatic heterocycles. The standard InChI is InChI=1S/C12H11BrN2O/c1-2-15-12(16)7-6-11(14-15)9-4-3-5-10(13)8-9/h3-8H,2H2,1H3. The Morgan fingerprint density at radius 1 is 1.31 bits per heavy atom. The molecule has 16 heavy (non-hydrogen) atoms. The fourth-order valence-corrected chi connectivity index (χ4v) is 1.88. The summed E-state index contributed by atoms with van der Waals surface area (Å²) in [6.07, 6.45) is 0. The van der Waals surface area contributed by atoms with Crippen molar-refractivity contribution >= 4 is 15.9 Å². The highest BCUT2D eigenvalue weighted by molar-refractivity contribution is 9.10. The van der Waals surface area contributed by atoms with Crippen LogP contribution in [0.5, 0.6) is 0 Å². The van der Waals surface area contributed by atoms with Crippen molar-refractivity contribution in [3.8, 4) is 11.3 Å². The zero-order valence-corrected chi connectivity index (χ0v) is 10.4. The van der Waals surface area contributed by atoms with Crippen LogP contribution >= 0.6 is 15.9 Å². The predicted octanol–water partition coefficient (Wildman–Crippen LogP) is 2.69. The maximum Gasteiger partial charge on any atom is 0.266 e. The summed E-state index contributed by atoms with van der Waals surface area (Å²) in [5.41, 5.74) is 1.74. The lowest BCUT2D eigenvalue weighted by Gasteiger charge is -2.04. The second-order valence-corrected chi connectivity index (χ2v) is 4.30. The van der Waals surface area contributed by atoms with Crippen molar-refractivity contribution < 1.29 is 0 Å². The van der Waals surface area contributed by atoms with Crippen LogP contribution in [0.3, 0.4) is 0 Å². The van der Waals surface area contributed by atoms with Crippen molar-refractivity contribution in [2.45, 2.75) is 13.5 Å². The normalized spacial score (nSPS) is 10.4. The van der Waals surface area contributed by atoms with E-state index < -0.39 is 0 Å². The molecule has 0 fully saturated rings. The number of hydrogen-bond donors (Lipinski definition) is 0. The summed E-state index contributed by atoms with van der Waals surface area (Å²) in [6, 6.07) is 11.1. The highest BCUT2D eigenvalue weighted by Gasteiger charge is 2.02. The molecule has 0 aliphatic heterocycles. The van der Waals surface area contributed by atoms with Gasteiger partial charge in [-0.15, -0.1) is 0 Å². The van der Waals surface area contributed by atoms with Crippen LogP contribution in [0.2, 0.25) is 0 Å². The number of halogens is 1. The summed E-state index contributed by atoms with van der Waals surface area (Å²) in [7, 11) is 0. The van der Waals surface area contributed by atoms with Gasteiger partial charge in [-0.25, -0.2) is 4.68 Å². The Hall–Kier alpha value is -1.42. The van der Waals surface area contributed by atoms with Crippen molar-refractivity contribution in [2.24, 2.45) is 0 Å². The third-order valence-electron chi connectivity index (χ3n) is 2.29. The number of aromatic nitrogens is 2. The van der Waals surface area contributed by atoms with Crippen molar-refractivity contribution in [3.05, 3.63) is 51.2 Å². The van der Waals surface area contributed by atoms with Crippen molar-refractivity contribution in [3.63, 3.8) is 0 Å². The zero-order chi connectivity index (χ0) is 11.5. The van der Waals surface area contributed by atoms with Gasteiger partial charge in [0.25, 0.3) is 5.56 Å². The first-order valence-electron chi connectivity index (χ1n) is 5.05. The molecule has 4 heteroatoms. The smallest absolute Gasteiger partial charge is 0.266 e. The van der Waals surface area contributed by atoms with Crippen LogP contribution < -0.4 is 5.56 Å². The second kappa shape index (κ2) is 4.61. The van der Waals surface area contributed by atoms with Gasteiger partial charge < -0.3 is 0 Å². The molecule has 2 aromatic rings. The average molecular weight is 279 g/mol. The van der Waals surface area contributed by atoms with Gasteiger partial charge in [-0.1, -0.05) is 28.1 Å². The van der Waals surface area contributed by atoms with E-state index >= 15 is 0 Å². The summed E-state index contributed by atoms with van der Waals surface area (Å²) >= 11 is 3.41. The molecular formula is C12H11BrN2O. The summed E-state index contributed by atoms with van der Waals surface area (Å²) in [5.74, 6) is 0. The molecule has 0 N–H and O–H groups in total. The number of hydrogen-bond acceptors (Lipinski definition) is 2. The highest BCUT2D eigenvalue weighted by atomic mass is 79.9. The van der Waals surface area contributed by atoms with E-state index in [-0.39, 0.29) is 5.56 Å². The topological polar surface area (TPSA) is 34.9 Å². The van der Waals surface area contributed by atoms with E-state index in [2.05, 4.69) is 21.0 Å². The fourth-order valence-electron chi connectivity index (χ4n) is 1.48. The van der Waals surface area contributed by atoms with Gasteiger partial charge in [-0.2, -0.15) is 5.10 Å². The van der Waals surface area contributed by atoms with Crippen LogP contribution in [0.15, 0.2) is 45.7 Å². The Morgan fingerprint density at radius 2 is 2.12 bits per heavy atom. The number of benzene rings is 1. The van der Waals surface area contributed by atoms with E-state index in [1.165, 1.54) is 4.68 Å². The minimum absolute atomic E-state index is 0.0683. The molecule has 0 aliphatic rings. The van der Waals surface area contributed by atoms with E-state index in [1.807, 2.05) is 31.2 Å². The van der Waals surface area contributed by atoms with Gasteiger partial charge >= 0.3 is 0 Å². The van der Waals surface area contributed by atoms with Gasteiger partial charge in [-0.3, -0.25) is 4.79 Å². The molecule has 82 valence electrons. The van der Waals surface area contributed by atoms with Crippen LogP contribution in [0.25, 0.3) is 11.3 Å². The molecule has 0 atom stereocenters. The van der Waals surface area contributed by atoms with Gasteiger partial charge in [0.15, 0.2) is 0 Å². The molecule has 0 amide bonds. The van der Waals surface area contributed by atoms with Gasteiger partial charge in [-0.05, 0) is 25.1 Å². The van der Waals surface area contributed by atoms with E-state index in [0.29, 0.717) is 6.54 Å². The summed E-state index contributed by atoms with van der Waals surface area (Å²) in [4.78, 5) is 11.4. The van der Waals surface area contributed by atoms with Crippen LogP contribution in [-0.4, -0.2) is 9.78 Å². The molecular weight excluding hydrogens is 268 g/mol. The average Bonchev–Trinajstić information content (AvgIpc) is 2.29. The monoisotopic (exact) mass is 278 g/mol. The zero-order valence-electron chi connectivity index (χ0n) is 8.85. The minimum Gasteiger partial charge on any atom is -0.268 e. The SMILES string of the molecule is CCn1nc(-c2cccc(Br)c2)ccc1=O. The maximum atomic E-state index is 11.4. The van der Waals surface area contributed by atoms with E-state index in [0.717, 1.165) is 15.7 Å². The first kappa shape index (κ1) is 11.1. The van der Waals surface area contributed by atoms with Crippen LogP contribution in [-0.2, 0) is 6.54 Å². The third-order valence-corrected chi connectivity index (χ3v) is 2.78. The summed E-state index contributed by atoms with van der Waals surface area (Å²) in [6.45, 7) is 2.49. The maximum absolute atomic E-state index is 11.4. The lowest BCUT2D eigenvalue weighted by atomic mass is 10.1. The van der Waals surface area contributed by atoms with Crippen LogP contribution in [0.4, 0.5) is 0 Å². The molecule has 0 spiro atoms. The quantitative estimate of drug-likeness (QED) is 0.847. The predicted molar refractivity (Wildman–Crippen MR) is 67.3 cm³/mol. The molecule has 0 unspecified atom stereocenters. The molecule has 2 rings (SSSR count).